The highest BCUT2D eigenvalue weighted by Gasteiger charge is 2.54. The van der Waals surface area contributed by atoms with Gasteiger partial charge in [-0.3, -0.25) is 0 Å². The fourth-order valence-electron chi connectivity index (χ4n) is 6.11. The smallest absolute Gasteiger partial charge is 0.187 e. The summed E-state index contributed by atoms with van der Waals surface area (Å²) in [5, 5.41) is 22.7. The van der Waals surface area contributed by atoms with Gasteiger partial charge in [0.05, 0.1) is 46.2 Å². The molecule has 2 saturated heterocycles. The van der Waals surface area contributed by atoms with E-state index >= 15 is 0 Å². The average Bonchev–Trinajstić information content (AvgIpc) is 3.44. The number of hydrogen-bond donors (Lipinski definition) is 2. The van der Waals surface area contributed by atoms with Crippen molar-refractivity contribution < 1.29 is 48.1 Å². The standard InChI is InChI=1S/C40H46O10/c1-43-38-36(50-39-37(41)40(42,28-48-39)27-45-23-30-16-8-3-9-17-30)35(47-25-32-20-12-5-13-21-32)34(46-24-31-18-10-4-11-19-31)33(49-38)26-44-22-29-14-6-2-7-15-29/h2-21,33-39,41-42H,22-28H2,1H3/t33-,34-,35+,36-,37+,38-,39-,40-/m1/s1. The predicted octanol–water partition coefficient (Wildman–Crippen LogP) is 4.80. The first-order chi connectivity index (χ1) is 24.5. The highest BCUT2D eigenvalue weighted by molar-refractivity contribution is 5.16. The van der Waals surface area contributed by atoms with Gasteiger partial charge < -0.3 is 48.1 Å². The predicted molar refractivity (Wildman–Crippen MR) is 183 cm³/mol. The third-order valence-corrected chi connectivity index (χ3v) is 8.85. The maximum atomic E-state index is 11.4. The van der Waals surface area contributed by atoms with Gasteiger partial charge in [-0.25, -0.2) is 0 Å². The summed E-state index contributed by atoms with van der Waals surface area (Å²) in [6.07, 6.45) is -6.58. The van der Waals surface area contributed by atoms with E-state index in [2.05, 4.69) is 0 Å². The lowest BCUT2D eigenvalue weighted by Crippen LogP contribution is -2.63. The molecule has 6 rings (SSSR count). The summed E-state index contributed by atoms with van der Waals surface area (Å²) < 4.78 is 49.8. The Balaban J connectivity index is 1.21. The topological polar surface area (TPSA) is 114 Å². The Bertz CT molecular complexity index is 1530. The number of hydrogen-bond acceptors (Lipinski definition) is 10. The molecular weight excluding hydrogens is 640 g/mol. The van der Waals surface area contributed by atoms with Gasteiger partial charge in [-0.05, 0) is 22.3 Å². The average molecular weight is 687 g/mol. The molecule has 0 aliphatic carbocycles. The fraction of sp³-hybridized carbons (Fsp3) is 0.400. The number of methoxy groups -OCH3 is 1. The quantitative estimate of drug-likeness (QED) is 0.161. The lowest BCUT2D eigenvalue weighted by atomic mass is 9.97. The molecule has 0 bridgehead atoms. The van der Waals surface area contributed by atoms with Crippen molar-refractivity contribution in [2.24, 2.45) is 0 Å². The molecule has 50 heavy (non-hydrogen) atoms. The van der Waals surface area contributed by atoms with Crippen LogP contribution in [0.2, 0.25) is 0 Å². The highest BCUT2D eigenvalue weighted by atomic mass is 16.8. The molecule has 10 nitrogen and oxygen atoms in total. The van der Waals surface area contributed by atoms with Crippen molar-refractivity contribution in [3.05, 3.63) is 144 Å². The van der Waals surface area contributed by atoms with Crippen LogP contribution in [0.25, 0.3) is 0 Å². The van der Waals surface area contributed by atoms with Crippen LogP contribution in [0.4, 0.5) is 0 Å². The van der Waals surface area contributed by atoms with Gasteiger partial charge in [0.25, 0.3) is 0 Å². The number of benzene rings is 4. The second-order valence-electron chi connectivity index (χ2n) is 12.6. The molecule has 0 spiro atoms. The van der Waals surface area contributed by atoms with Crippen LogP contribution >= 0.6 is 0 Å². The Morgan fingerprint density at radius 2 is 1.10 bits per heavy atom. The first kappa shape index (κ1) is 36.3. The normalized spacial score (nSPS) is 28.1. The largest absolute Gasteiger partial charge is 0.385 e. The van der Waals surface area contributed by atoms with Crippen LogP contribution in [0.5, 0.6) is 0 Å². The molecule has 0 saturated carbocycles. The summed E-state index contributed by atoms with van der Waals surface area (Å²) in [5.74, 6) is 0. The van der Waals surface area contributed by atoms with Crippen molar-refractivity contribution in [2.45, 2.75) is 75.1 Å². The van der Waals surface area contributed by atoms with E-state index in [4.69, 9.17) is 37.9 Å². The monoisotopic (exact) mass is 686 g/mol. The molecule has 2 N–H and O–H groups in total. The lowest BCUT2D eigenvalue weighted by Gasteiger charge is -2.46. The van der Waals surface area contributed by atoms with Gasteiger partial charge in [-0.2, -0.15) is 0 Å². The fourth-order valence-corrected chi connectivity index (χ4v) is 6.11. The SMILES string of the molecule is CO[C@@H]1O[C@H](COCc2ccccc2)[C@@H](OCc2ccccc2)[C@H](OCc2ccccc2)[C@H]1O[C@H]1OC[C@](O)(COCc2ccccc2)[C@H]1O. The van der Waals surface area contributed by atoms with Gasteiger partial charge >= 0.3 is 0 Å². The minimum atomic E-state index is -1.70. The van der Waals surface area contributed by atoms with Crippen LogP contribution in [0.3, 0.4) is 0 Å². The molecule has 10 heteroatoms. The molecule has 2 heterocycles. The molecule has 4 aromatic carbocycles. The summed E-state index contributed by atoms with van der Waals surface area (Å²) in [6, 6.07) is 39.1. The van der Waals surface area contributed by atoms with Crippen LogP contribution in [0, 0.1) is 0 Å². The number of rotatable bonds is 17. The highest BCUT2D eigenvalue weighted by Crippen LogP contribution is 2.35. The molecular formula is C40H46O10. The van der Waals surface area contributed by atoms with Gasteiger partial charge in [0.1, 0.15) is 36.1 Å². The molecule has 2 aliphatic heterocycles. The van der Waals surface area contributed by atoms with E-state index in [1.165, 1.54) is 7.11 Å². The Morgan fingerprint density at radius 1 is 0.620 bits per heavy atom. The van der Waals surface area contributed by atoms with Crippen molar-refractivity contribution in [2.75, 3.05) is 26.9 Å². The minimum absolute atomic E-state index is 0.157. The van der Waals surface area contributed by atoms with E-state index in [9.17, 15) is 10.2 Å². The van der Waals surface area contributed by atoms with Crippen LogP contribution in [0.1, 0.15) is 22.3 Å². The maximum Gasteiger partial charge on any atom is 0.187 e. The second kappa shape index (κ2) is 18.1. The third kappa shape index (κ3) is 9.62. The van der Waals surface area contributed by atoms with Gasteiger partial charge in [0.2, 0.25) is 0 Å². The van der Waals surface area contributed by atoms with Crippen LogP contribution in [-0.2, 0) is 64.3 Å². The van der Waals surface area contributed by atoms with Gasteiger partial charge in [0.15, 0.2) is 12.6 Å². The van der Waals surface area contributed by atoms with E-state index in [1.807, 2.05) is 121 Å². The molecule has 2 fully saturated rings. The Labute approximate surface area is 293 Å². The first-order valence-electron chi connectivity index (χ1n) is 16.9. The van der Waals surface area contributed by atoms with E-state index in [1.54, 1.807) is 0 Å². The van der Waals surface area contributed by atoms with Crippen molar-refractivity contribution in [1.82, 2.24) is 0 Å². The van der Waals surface area contributed by atoms with Crippen LogP contribution in [0.15, 0.2) is 121 Å². The molecule has 0 radical (unpaired) electrons. The summed E-state index contributed by atoms with van der Waals surface area (Å²) in [5.41, 5.74) is 2.20. The van der Waals surface area contributed by atoms with Crippen molar-refractivity contribution in [3.8, 4) is 0 Å². The van der Waals surface area contributed by atoms with E-state index < -0.39 is 48.7 Å². The van der Waals surface area contributed by atoms with Gasteiger partial charge in [-0.15, -0.1) is 0 Å². The first-order valence-corrected chi connectivity index (χ1v) is 16.9. The Kier molecular flexibility index (Phi) is 13.1. The number of ether oxygens (including phenoxy) is 8. The molecule has 0 unspecified atom stereocenters. The van der Waals surface area contributed by atoms with Crippen LogP contribution < -0.4 is 0 Å². The minimum Gasteiger partial charge on any atom is -0.385 e. The maximum absolute atomic E-state index is 11.4. The van der Waals surface area contributed by atoms with Gasteiger partial charge in [-0.1, -0.05) is 121 Å². The number of aliphatic hydroxyl groups excluding tert-OH is 1. The summed E-state index contributed by atoms with van der Waals surface area (Å²) in [4.78, 5) is 0. The van der Waals surface area contributed by atoms with Gasteiger partial charge in [0, 0.05) is 7.11 Å². The zero-order valence-electron chi connectivity index (χ0n) is 28.2. The van der Waals surface area contributed by atoms with Crippen molar-refractivity contribution in [3.63, 3.8) is 0 Å². The molecule has 4 aromatic rings. The lowest BCUT2D eigenvalue weighted by molar-refractivity contribution is -0.345. The molecule has 0 amide bonds. The summed E-state index contributed by atoms with van der Waals surface area (Å²) >= 11 is 0. The molecule has 0 aromatic heterocycles. The number of aliphatic hydroxyl groups is 2. The van der Waals surface area contributed by atoms with Crippen LogP contribution in [-0.4, -0.2) is 85.8 Å². The molecule has 266 valence electrons. The Hall–Kier alpha value is -3.52. The van der Waals surface area contributed by atoms with E-state index in [0.717, 1.165) is 22.3 Å². The second-order valence-corrected chi connectivity index (χ2v) is 12.6. The molecule has 8 atom stereocenters. The summed E-state index contributed by atoms with van der Waals surface area (Å²) in [7, 11) is 1.52. The third-order valence-electron chi connectivity index (χ3n) is 8.85. The van der Waals surface area contributed by atoms with E-state index in [-0.39, 0.29) is 39.6 Å². The van der Waals surface area contributed by atoms with E-state index in [0.29, 0.717) is 6.61 Å². The summed E-state index contributed by atoms with van der Waals surface area (Å²) in [6.45, 7) is 1.01. The molecule has 2 aliphatic rings. The van der Waals surface area contributed by atoms with Crippen molar-refractivity contribution in [1.29, 1.82) is 0 Å². The zero-order valence-corrected chi connectivity index (χ0v) is 28.2. The zero-order chi connectivity index (χ0) is 34.6. The Morgan fingerprint density at radius 3 is 1.62 bits per heavy atom. The van der Waals surface area contributed by atoms with Crippen molar-refractivity contribution >= 4 is 0 Å².